The Kier molecular flexibility index (Phi) is 6.87. The minimum absolute atomic E-state index is 0.00950. The van der Waals surface area contributed by atoms with Gasteiger partial charge in [0.05, 0.1) is 12.5 Å². The Balaban J connectivity index is 1.43. The van der Waals surface area contributed by atoms with Gasteiger partial charge in [-0.15, -0.1) is 0 Å². The summed E-state index contributed by atoms with van der Waals surface area (Å²) >= 11 is 5.86. The van der Waals surface area contributed by atoms with Crippen molar-refractivity contribution in [3.8, 4) is 5.75 Å². The molecule has 27 heavy (non-hydrogen) atoms. The average Bonchev–Trinajstić information content (AvgIpc) is 2.72. The Labute approximate surface area is 165 Å². The molecule has 1 fully saturated rings. The first-order valence-electron chi connectivity index (χ1n) is 9.29. The third-order valence-corrected chi connectivity index (χ3v) is 4.95. The molecule has 0 saturated carbocycles. The minimum atomic E-state index is -0.00950. The topological polar surface area (TPSA) is 58.6 Å². The molecular formula is C20H25ClN4O2. The summed E-state index contributed by atoms with van der Waals surface area (Å²) in [5.74, 6) is 1.67. The number of piperidine rings is 1. The standard InChI is InChI=1S/C20H25ClN4O2/c1-24(12-4-14-27-18-8-6-17(21)7-9-18)19(26)16-5-2-13-25(15-16)20-22-10-3-11-23-20/h3,6-11,16H,2,4-5,12-15H2,1H3. The van der Waals surface area contributed by atoms with Crippen LogP contribution in [-0.2, 0) is 4.79 Å². The van der Waals surface area contributed by atoms with Gasteiger partial charge in [-0.1, -0.05) is 11.6 Å². The van der Waals surface area contributed by atoms with E-state index in [0.29, 0.717) is 30.7 Å². The third-order valence-electron chi connectivity index (χ3n) is 4.70. The number of ether oxygens (including phenoxy) is 1. The van der Waals surface area contributed by atoms with Crippen molar-refractivity contribution in [2.24, 2.45) is 5.92 Å². The molecular weight excluding hydrogens is 364 g/mol. The highest BCUT2D eigenvalue weighted by atomic mass is 35.5. The number of halogens is 1. The van der Waals surface area contributed by atoms with Crippen LogP contribution < -0.4 is 9.64 Å². The maximum Gasteiger partial charge on any atom is 0.227 e. The lowest BCUT2D eigenvalue weighted by molar-refractivity contribution is -0.134. The third kappa shape index (κ3) is 5.57. The summed E-state index contributed by atoms with van der Waals surface area (Å²) in [7, 11) is 1.86. The van der Waals surface area contributed by atoms with E-state index >= 15 is 0 Å². The van der Waals surface area contributed by atoms with E-state index in [0.717, 1.165) is 31.6 Å². The van der Waals surface area contributed by atoms with Gasteiger partial charge >= 0.3 is 0 Å². The Morgan fingerprint density at radius 1 is 1.30 bits per heavy atom. The zero-order valence-electron chi connectivity index (χ0n) is 15.6. The first-order valence-corrected chi connectivity index (χ1v) is 9.66. The quantitative estimate of drug-likeness (QED) is 0.681. The number of hydrogen-bond donors (Lipinski definition) is 0. The molecule has 1 atom stereocenters. The molecule has 1 amide bonds. The lowest BCUT2D eigenvalue weighted by Crippen LogP contribution is -2.44. The molecule has 0 spiro atoms. The normalized spacial score (nSPS) is 16.8. The number of carbonyl (C=O) groups is 1. The Morgan fingerprint density at radius 2 is 2.04 bits per heavy atom. The van der Waals surface area contributed by atoms with Crippen molar-refractivity contribution >= 4 is 23.5 Å². The second kappa shape index (κ2) is 9.55. The van der Waals surface area contributed by atoms with E-state index in [1.807, 2.05) is 24.1 Å². The van der Waals surface area contributed by atoms with E-state index in [4.69, 9.17) is 16.3 Å². The number of amides is 1. The second-order valence-corrected chi connectivity index (χ2v) is 7.19. The Bertz CT molecular complexity index is 727. The molecule has 1 aromatic carbocycles. The Hall–Kier alpha value is -2.34. The average molecular weight is 389 g/mol. The number of aromatic nitrogens is 2. The van der Waals surface area contributed by atoms with Crippen LogP contribution in [0.25, 0.3) is 0 Å². The van der Waals surface area contributed by atoms with Gasteiger partial charge in [-0.2, -0.15) is 0 Å². The van der Waals surface area contributed by atoms with Crippen LogP contribution in [0.3, 0.4) is 0 Å². The molecule has 7 heteroatoms. The van der Waals surface area contributed by atoms with Crippen LogP contribution in [0, 0.1) is 5.92 Å². The first-order chi connectivity index (χ1) is 13.1. The molecule has 144 valence electrons. The predicted octanol–water partition coefficient (Wildman–Crippen LogP) is 3.27. The summed E-state index contributed by atoms with van der Waals surface area (Å²) < 4.78 is 5.69. The fourth-order valence-corrected chi connectivity index (χ4v) is 3.39. The van der Waals surface area contributed by atoms with Crippen molar-refractivity contribution in [1.82, 2.24) is 14.9 Å². The molecule has 0 aliphatic carbocycles. The molecule has 1 aliphatic heterocycles. The van der Waals surface area contributed by atoms with Gasteiger partial charge in [0.15, 0.2) is 0 Å². The van der Waals surface area contributed by atoms with Gasteiger partial charge in [0, 0.05) is 44.1 Å². The van der Waals surface area contributed by atoms with E-state index in [-0.39, 0.29) is 11.8 Å². The van der Waals surface area contributed by atoms with Crippen molar-refractivity contribution in [2.45, 2.75) is 19.3 Å². The molecule has 1 unspecified atom stereocenters. The van der Waals surface area contributed by atoms with Crippen molar-refractivity contribution < 1.29 is 9.53 Å². The Morgan fingerprint density at radius 3 is 2.78 bits per heavy atom. The van der Waals surface area contributed by atoms with Crippen LogP contribution in [0.5, 0.6) is 5.75 Å². The predicted molar refractivity (Wildman–Crippen MR) is 106 cm³/mol. The number of rotatable bonds is 7. The monoisotopic (exact) mass is 388 g/mol. The summed E-state index contributed by atoms with van der Waals surface area (Å²) in [5, 5.41) is 0.690. The lowest BCUT2D eigenvalue weighted by Gasteiger charge is -2.33. The molecule has 2 aromatic rings. The largest absolute Gasteiger partial charge is 0.494 e. The first kappa shape index (κ1) is 19.4. The van der Waals surface area contributed by atoms with Crippen molar-refractivity contribution in [2.75, 3.05) is 38.2 Å². The number of benzene rings is 1. The molecule has 3 rings (SSSR count). The SMILES string of the molecule is CN(CCCOc1ccc(Cl)cc1)C(=O)C1CCCN(c2ncccn2)C1. The summed E-state index contributed by atoms with van der Waals surface area (Å²) in [5.41, 5.74) is 0. The van der Waals surface area contributed by atoms with Gasteiger partial charge < -0.3 is 14.5 Å². The highest BCUT2D eigenvalue weighted by Crippen LogP contribution is 2.21. The van der Waals surface area contributed by atoms with Gasteiger partial charge in [0.2, 0.25) is 11.9 Å². The zero-order chi connectivity index (χ0) is 19.1. The van der Waals surface area contributed by atoms with Crippen LogP contribution in [0.2, 0.25) is 5.02 Å². The van der Waals surface area contributed by atoms with E-state index < -0.39 is 0 Å². The summed E-state index contributed by atoms with van der Waals surface area (Å²) in [6, 6.07) is 9.10. The number of anilines is 1. The highest BCUT2D eigenvalue weighted by molar-refractivity contribution is 6.30. The molecule has 2 heterocycles. The van der Waals surface area contributed by atoms with Gasteiger partial charge in [-0.05, 0) is 49.6 Å². The number of hydrogen-bond acceptors (Lipinski definition) is 5. The van der Waals surface area contributed by atoms with E-state index in [1.54, 1.807) is 30.6 Å². The smallest absolute Gasteiger partial charge is 0.227 e. The van der Waals surface area contributed by atoms with Gasteiger partial charge in [-0.3, -0.25) is 4.79 Å². The van der Waals surface area contributed by atoms with Crippen molar-refractivity contribution in [3.05, 3.63) is 47.7 Å². The number of nitrogens with zero attached hydrogens (tertiary/aromatic N) is 4. The van der Waals surface area contributed by atoms with Gasteiger partial charge in [0.1, 0.15) is 5.75 Å². The van der Waals surface area contributed by atoms with Crippen LogP contribution in [0.15, 0.2) is 42.7 Å². The molecule has 6 nitrogen and oxygen atoms in total. The highest BCUT2D eigenvalue weighted by Gasteiger charge is 2.28. The summed E-state index contributed by atoms with van der Waals surface area (Å²) in [6.07, 6.45) is 6.14. The maximum absolute atomic E-state index is 12.8. The summed E-state index contributed by atoms with van der Waals surface area (Å²) in [4.78, 5) is 25.3. The molecule has 0 bridgehead atoms. The van der Waals surface area contributed by atoms with Crippen LogP contribution >= 0.6 is 11.6 Å². The van der Waals surface area contributed by atoms with Gasteiger partial charge in [-0.25, -0.2) is 9.97 Å². The molecule has 1 saturated heterocycles. The molecule has 1 aliphatic rings. The van der Waals surface area contributed by atoms with Crippen molar-refractivity contribution in [1.29, 1.82) is 0 Å². The zero-order valence-corrected chi connectivity index (χ0v) is 16.3. The van der Waals surface area contributed by atoms with Crippen LogP contribution in [-0.4, -0.2) is 54.1 Å². The minimum Gasteiger partial charge on any atom is -0.494 e. The molecule has 1 aromatic heterocycles. The fourth-order valence-electron chi connectivity index (χ4n) is 3.26. The van der Waals surface area contributed by atoms with Crippen LogP contribution in [0.4, 0.5) is 5.95 Å². The van der Waals surface area contributed by atoms with E-state index in [9.17, 15) is 4.79 Å². The van der Waals surface area contributed by atoms with E-state index in [1.165, 1.54) is 0 Å². The van der Waals surface area contributed by atoms with E-state index in [2.05, 4.69) is 14.9 Å². The fraction of sp³-hybridized carbons (Fsp3) is 0.450. The second-order valence-electron chi connectivity index (χ2n) is 6.75. The molecule has 0 radical (unpaired) electrons. The van der Waals surface area contributed by atoms with Crippen LogP contribution in [0.1, 0.15) is 19.3 Å². The van der Waals surface area contributed by atoms with Gasteiger partial charge in [0.25, 0.3) is 0 Å². The number of carbonyl (C=O) groups excluding carboxylic acids is 1. The van der Waals surface area contributed by atoms with Crippen molar-refractivity contribution in [3.63, 3.8) is 0 Å². The lowest BCUT2D eigenvalue weighted by atomic mass is 9.97. The summed E-state index contributed by atoms with van der Waals surface area (Å²) in [6.45, 7) is 2.81. The maximum atomic E-state index is 12.8. The molecule has 0 N–H and O–H groups in total.